The van der Waals surface area contributed by atoms with Crippen molar-refractivity contribution in [2.45, 2.75) is 38.9 Å². The normalized spacial score (nSPS) is 26.7. The molecule has 0 aromatic carbocycles. The number of rotatable bonds is 4. The maximum Gasteiger partial charge on any atom is 0.410 e. The van der Waals surface area contributed by atoms with E-state index in [4.69, 9.17) is 4.74 Å². The molecule has 1 amide bonds. The molecule has 1 aromatic rings. The SMILES string of the molecule is CCn1cnnc1CN1CCN2C(=O)OCC2(CC)C1. The van der Waals surface area contributed by atoms with Crippen LogP contribution in [0.2, 0.25) is 0 Å². The van der Waals surface area contributed by atoms with Crippen molar-refractivity contribution in [2.75, 3.05) is 26.2 Å². The third-order valence-corrected chi connectivity index (χ3v) is 4.47. The van der Waals surface area contributed by atoms with Gasteiger partial charge < -0.3 is 9.30 Å². The van der Waals surface area contributed by atoms with Gasteiger partial charge in [-0.2, -0.15) is 0 Å². The molecule has 3 heterocycles. The van der Waals surface area contributed by atoms with Gasteiger partial charge in [0.05, 0.1) is 12.1 Å². The van der Waals surface area contributed by atoms with E-state index in [0.29, 0.717) is 6.61 Å². The summed E-state index contributed by atoms with van der Waals surface area (Å²) in [5.74, 6) is 0.984. The topological polar surface area (TPSA) is 63.5 Å². The number of nitrogens with zero attached hydrogens (tertiary/aromatic N) is 5. The summed E-state index contributed by atoms with van der Waals surface area (Å²) in [6.07, 6.45) is 2.52. The van der Waals surface area contributed by atoms with Gasteiger partial charge in [0.1, 0.15) is 18.8 Å². The zero-order chi connectivity index (χ0) is 14.2. The highest BCUT2D eigenvalue weighted by molar-refractivity contribution is 5.71. The fourth-order valence-electron chi connectivity index (χ4n) is 3.15. The van der Waals surface area contributed by atoms with Crippen molar-refractivity contribution in [2.24, 2.45) is 0 Å². The van der Waals surface area contributed by atoms with Gasteiger partial charge in [-0.05, 0) is 13.3 Å². The van der Waals surface area contributed by atoms with Gasteiger partial charge in [0, 0.05) is 26.2 Å². The first-order valence-corrected chi connectivity index (χ1v) is 7.22. The average Bonchev–Trinajstić information content (AvgIpc) is 3.04. The number of ether oxygens (including phenoxy) is 1. The van der Waals surface area contributed by atoms with Crippen molar-refractivity contribution in [1.82, 2.24) is 24.6 Å². The molecule has 2 aliphatic rings. The predicted molar refractivity (Wildman–Crippen MR) is 72.0 cm³/mol. The lowest BCUT2D eigenvalue weighted by molar-refractivity contribution is 0.0431. The summed E-state index contributed by atoms with van der Waals surface area (Å²) < 4.78 is 7.31. The van der Waals surface area contributed by atoms with E-state index in [9.17, 15) is 4.79 Å². The molecular formula is C13H21N5O2. The molecule has 2 saturated heterocycles. The van der Waals surface area contributed by atoms with Crippen LogP contribution in [0.25, 0.3) is 0 Å². The summed E-state index contributed by atoms with van der Waals surface area (Å²) in [6, 6.07) is 0. The maximum absolute atomic E-state index is 11.8. The summed E-state index contributed by atoms with van der Waals surface area (Å²) >= 11 is 0. The third kappa shape index (κ3) is 2.06. The molecule has 2 aliphatic heterocycles. The van der Waals surface area contributed by atoms with Crippen LogP contribution in [-0.2, 0) is 17.8 Å². The Kier molecular flexibility index (Phi) is 3.37. The molecule has 0 bridgehead atoms. The van der Waals surface area contributed by atoms with E-state index in [0.717, 1.165) is 45.0 Å². The second-order valence-electron chi connectivity index (χ2n) is 5.53. The highest BCUT2D eigenvalue weighted by Gasteiger charge is 2.49. The van der Waals surface area contributed by atoms with Crippen LogP contribution in [0, 0.1) is 0 Å². The molecule has 1 aromatic heterocycles. The number of amides is 1. The Morgan fingerprint density at radius 1 is 1.40 bits per heavy atom. The first-order chi connectivity index (χ1) is 9.68. The number of hydrogen-bond acceptors (Lipinski definition) is 5. The van der Waals surface area contributed by atoms with Crippen LogP contribution < -0.4 is 0 Å². The molecule has 3 rings (SSSR count). The van der Waals surface area contributed by atoms with E-state index in [2.05, 4.69) is 33.5 Å². The third-order valence-electron chi connectivity index (χ3n) is 4.47. The van der Waals surface area contributed by atoms with Crippen molar-refractivity contribution in [1.29, 1.82) is 0 Å². The molecule has 7 nitrogen and oxygen atoms in total. The first kappa shape index (κ1) is 13.4. The molecule has 0 aliphatic carbocycles. The van der Waals surface area contributed by atoms with E-state index in [-0.39, 0.29) is 11.6 Å². The van der Waals surface area contributed by atoms with Gasteiger partial charge in [-0.3, -0.25) is 9.80 Å². The minimum Gasteiger partial charge on any atom is -0.447 e. The average molecular weight is 279 g/mol. The minimum atomic E-state index is -0.164. The second-order valence-corrected chi connectivity index (χ2v) is 5.53. The second kappa shape index (κ2) is 5.05. The van der Waals surface area contributed by atoms with E-state index < -0.39 is 0 Å². The highest BCUT2D eigenvalue weighted by Crippen LogP contribution is 2.32. The van der Waals surface area contributed by atoms with Gasteiger partial charge in [-0.1, -0.05) is 6.92 Å². The van der Waals surface area contributed by atoms with E-state index in [1.165, 1.54) is 0 Å². The van der Waals surface area contributed by atoms with Crippen molar-refractivity contribution in [3.8, 4) is 0 Å². The fourth-order valence-corrected chi connectivity index (χ4v) is 3.15. The number of cyclic esters (lactones) is 1. The van der Waals surface area contributed by atoms with Crippen LogP contribution in [0.15, 0.2) is 6.33 Å². The summed E-state index contributed by atoms with van der Waals surface area (Å²) in [7, 11) is 0. The summed E-state index contributed by atoms with van der Waals surface area (Å²) in [4.78, 5) is 16.0. The van der Waals surface area contributed by atoms with Crippen molar-refractivity contribution >= 4 is 6.09 Å². The zero-order valence-electron chi connectivity index (χ0n) is 12.1. The van der Waals surface area contributed by atoms with E-state index in [1.807, 2.05) is 4.90 Å². The van der Waals surface area contributed by atoms with Crippen LogP contribution in [0.5, 0.6) is 0 Å². The Balaban J connectivity index is 1.73. The number of hydrogen-bond donors (Lipinski definition) is 0. The highest BCUT2D eigenvalue weighted by atomic mass is 16.6. The van der Waals surface area contributed by atoms with Gasteiger partial charge in [0.2, 0.25) is 0 Å². The van der Waals surface area contributed by atoms with Crippen LogP contribution in [0.1, 0.15) is 26.1 Å². The zero-order valence-corrected chi connectivity index (χ0v) is 12.1. The lowest BCUT2D eigenvalue weighted by Crippen LogP contribution is -2.60. The van der Waals surface area contributed by atoms with Gasteiger partial charge in [0.25, 0.3) is 0 Å². The predicted octanol–water partition coefficient (Wildman–Crippen LogP) is 0.715. The quantitative estimate of drug-likeness (QED) is 0.812. The molecule has 20 heavy (non-hydrogen) atoms. The number of piperazine rings is 1. The number of aromatic nitrogens is 3. The number of fused-ring (bicyclic) bond motifs is 1. The van der Waals surface area contributed by atoms with E-state index >= 15 is 0 Å². The minimum absolute atomic E-state index is 0.160. The molecule has 0 spiro atoms. The molecule has 110 valence electrons. The lowest BCUT2D eigenvalue weighted by atomic mass is 9.93. The van der Waals surface area contributed by atoms with Gasteiger partial charge in [-0.15, -0.1) is 10.2 Å². The monoisotopic (exact) mass is 279 g/mol. The molecule has 1 unspecified atom stereocenters. The molecular weight excluding hydrogens is 258 g/mol. The van der Waals surface area contributed by atoms with Gasteiger partial charge in [0.15, 0.2) is 0 Å². The molecule has 0 saturated carbocycles. The molecule has 7 heteroatoms. The van der Waals surface area contributed by atoms with Gasteiger partial charge >= 0.3 is 6.09 Å². The van der Waals surface area contributed by atoms with Crippen LogP contribution in [-0.4, -0.2) is 62.4 Å². The van der Waals surface area contributed by atoms with E-state index in [1.54, 1.807) is 6.33 Å². The molecule has 2 fully saturated rings. The Bertz CT molecular complexity index is 503. The van der Waals surface area contributed by atoms with Crippen LogP contribution in [0.3, 0.4) is 0 Å². The van der Waals surface area contributed by atoms with Crippen LogP contribution >= 0.6 is 0 Å². The Hall–Kier alpha value is -1.63. The lowest BCUT2D eigenvalue weighted by Gasteiger charge is -2.44. The van der Waals surface area contributed by atoms with Crippen molar-refractivity contribution in [3.63, 3.8) is 0 Å². The molecule has 1 atom stereocenters. The Morgan fingerprint density at radius 3 is 3.00 bits per heavy atom. The summed E-state index contributed by atoms with van der Waals surface area (Å²) in [5, 5.41) is 8.16. The number of aryl methyl sites for hydroxylation is 1. The first-order valence-electron chi connectivity index (χ1n) is 7.22. The van der Waals surface area contributed by atoms with Crippen molar-refractivity contribution < 1.29 is 9.53 Å². The smallest absolute Gasteiger partial charge is 0.410 e. The Morgan fingerprint density at radius 2 is 2.25 bits per heavy atom. The number of carbonyl (C=O) groups excluding carboxylic acids is 1. The maximum atomic E-state index is 11.8. The molecule has 0 N–H and O–H groups in total. The standard InChI is InChI=1S/C13H21N5O2/c1-3-13-8-16(5-6-18(13)12(19)20-9-13)7-11-15-14-10-17(11)4-2/h10H,3-9H2,1-2H3. The van der Waals surface area contributed by atoms with Crippen LogP contribution in [0.4, 0.5) is 4.79 Å². The molecule has 0 radical (unpaired) electrons. The summed E-state index contributed by atoms with van der Waals surface area (Å²) in [5.41, 5.74) is -0.160. The van der Waals surface area contributed by atoms with Crippen molar-refractivity contribution in [3.05, 3.63) is 12.2 Å². The van der Waals surface area contributed by atoms with Gasteiger partial charge in [-0.25, -0.2) is 4.79 Å². The largest absolute Gasteiger partial charge is 0.447 e. The Labute approximate surface area is 118 Å². The summed E-state index contributed by atoms with van der Waals surface area (Å²) in [6.45, 7) is 8.78. The fraction of sp³-hybridized carbons (Fsp3) is 0.769. The number of carbonyl (C=O) groups is 1.